The number of esters is 2. The molecule has 0 atom stereocenters. The van der Waals surface area contributed by atoms with Crippen LogP contribution in [-0.4, -0.2) is 46.5 Å². The van der Waals surface area contributed by atoms with Gasteiger partial charge in [-0.25, -0.2) is 26.4 Å². The summed E-state index contributed by atoms with van der Waals surface area (Å²) in [5.74, 6) is 9.59. The van der Waals surface area contributed by atoms with Gasteiger partial charge in [-0.05, 0) is 150 Å². The van der Waals surface area contributed by atoms with E-state index in [1.807, 2.05) is 60.7 Å². The number of nitrogens with one attached hydrogen (secondary N) is 4. The Hall–Kier alpha value is -8.94. The first kappa shape index (κ1) is 54.4. The van der Waals surface area contributed by atoms with E-state index in [1.54, 1.807) is 72.8 Å². The van der Waals surface area contributed by atoms with Crippen LogP contribution in [0, 0.1) is 0 Å². The lowest BCUT2D eigenvalue weighted by Crippen LogP contribution is -2.25. The van der Waals surface area contributed by atoms with E-state index in [0.29, 0.717) is 47.0 Å². The van der Waals surface area contributed by atoms with Crippen LogP contribution in [0.3, 0.4) is 0 Å². The van der Waals surface area contributed by atoms with Crippen molar-refractivity contribution in [2.45, 2.75) is 84.2 Å². The highest BCUT2D eigenvalue weighted by atomic mass is 32.2. The average Bonchev–Trinajstić information content (AvgIpc) is 4.12. The summed E-state index contributed by atoms with van der Waals surface area (Å²) in [4.78, 5) is 28.9. The normalized spacial score (nSPS) is 13.3. The van der Waals surface area contributed by atoms with Crippen LogP contribution in [0.15, 0.2) is 212 Å². The molecule has 16 nitrogen and oxygen atoms in total. The zero-order valence-electron chi connectivity index (χ0n) is 43.7. The Morgan fingerprint density at radius 2 is 0.762 bits per heavy atom. The molecule has 0 aliphatic heterocycles. The fourth-order valence-corrected chi connectivity index (χ4v) is 12.3. The summed E-state index contributed by atoms with van der Waals surface area (Å²) in [7, 11) is -7.57. The van der Waals surface area contributed by atoms with E-state index >= 15 is 0 Å². The molecule has 0 bridgehead atoms. The van der Waals surface area contributed by atoms with Crippen molar-refractivity contribution in [2.75, 3.05) is 21.7 Å². The van der Waals surface area contributed by atoms with Crippen molar-refractivity contribution in [2.24, 2.45) is 21.9 Å². The molecule has 0 spiro atoms. The van der Waals surface area contributed by atoms with Gasteiger partial charge in [0.1, 0.15) is 0 Å². The van der Waals surface area contributed by atoms with Gasteiger partial charge in [0.05, 0.1) is 53.5 Å². The molecule has 0 fully saturated rings. The van der Waals surface area contributed by atoms with Gasteiger partial charge < -0.3 is 20.3 Å². The van der Waals surface area contributed by atoms with Crippen molar-refractivity contribution >= 4 is 65.8 Å². The summed E-state index contributed by atoms with van der Waals surface area (Å²) < 4.78 is 65.5. The lowest BCUT2D eigenvalue weighted by molar-refractivity contribution is -0.0838. The largest absolute Gasteiger partial charge is 0.422 e. The van der Waals surface area contributed by atoms with Crippen LogP contribution >= 0.6 is 0 Å². The maximum atomic E-state index is 14.2. The Labute approximate surface area is 464 Å². The number of carbonyl (C=O) groups is 2. The van der Waals surface area contributed by atoms with Crippen molar-refractivity contribution in [1.82, 2.24) is 0 Å². The summed E-state index contributed by atoms with van der Waals surface area (Å²) in [5.41, 5.74) is 21.7. The molecule has 8 N–H and O–H groups in total. The second kappa shape index (κ2) is 24.0. The second-order valence-corrected chi connectivity index (χ2v) is 23.2. The number of carbonyl (C=O) groups excluding carboxylic acids is 2. The Kier molecular flexibility index (Phi) is 16.3. The number of hydrogen-bond acceptors (Lipinski definition) is 16. The Morgan fingerprint density at radius 3 is 1.14 bits per heavy atom. The molecule has 2 aliphatic rings. The smallest absolute Gasteiger partial charge is 0.341 e. The van der Waals surface area contributed by atoms with Gasteiger partial charge in [-0.15, -0.1) is 0 Å². The number of benzene rings is 8. The van der Waals surface area contributed by atoms with Gasteiger partial charge >= 0.3 is 11.9 Å². The van der Waals surface area contributed by atoms with Crippen LogP contribution in [-0.2, 0) is 29.1 Å². The number of nitrogens with two attached hydrogens (primary N) is 2. The molecule has 406 valence electrons. The molecule has 8 aromatic rings. The molecule has 2 aliphatic carbocycles. The van der Waals surface area contributed by atoms with Gasteiger partial charge in [0, 0.05) is 40.0 Å². The zero-order chi connectivity index (χ0) is 55.8. The predicted octanol–water partition coefficient (Wildman–Crippen LogP) is 12.1. The molecule has 8 aromatic carbocycles. The molecule has 80 heavy (non-hydrogen) atoms. The van der Waals surface area contributed by atoms with Crippen molar-refractivity contribution < 1.29 is 35.9 Å². The fourth-order valence-electron chi connectivity index (χ4n) is 9.76. The van der Waals surface area contributed by atoms with Gasteiger partial charge in [-0.3, -0.25) is 22.5 Å². The lowest BCUT2D eigenvalue weighted by Gasteiger charge is -2.19. The van der Waals surface area contributed by atoms with Crippen LogP contribution in [0.2, 0.25) is 0 Å². The van der Waals surface area contributed by atoms with E-state index in [9.17, 15) is 26.4 Å². The summed E-state index contributed by atoms with van der Waals surface area (Å²) in [6.45, 7) is 2.18. The Bertz CT molecular complexity index is 3640. The summed E-state index contributed by atoms with van der Waals surface area (Å²) in [6.07, 6.45) is 6.22. The fraction of sp³-hybridized carbons (Fsp3) is 0.161. The van der Waals surface area contributed by atoms with Crippen LogP contribution < -0.4 is 33.4 Å². The van der Waals surface area contributed by atoms with E-state index < -0.39 is 37.9 Å². The van der Waals surface area contributed by atoms with Gasteiger partial charge in [-0.1, -0.05) is 106 Å². The third-order valence-electron chi connectivity index (χ3n) is 14.1. The van der Waals surface area contributed by atoms with E-state index in [2.05, 4.69) is 28.6 Å². The highest BCUT2D eigenvalue weighted by Gasteiger charge is 2.30. The molecular formula is C62H58N8O8S2. The van der Waals surface area contributed by atoms with Gasteiger partial charge in [-0.2, -0.15) is 10.2 Å². The quantitative estimate of drug-likeness (QED) is 0.0122. The van der Waals surface area contributed by atoms with Crippen molar-refractivity contribution in [3.05, 3.63) is 215 Å². The molecular weight excluding hydrogens is 1050 g/mol. The number of sulfone groups is 2. The van der Waals surface area contributed by atoms with Crippen LogP contribution in [0.5, 0.6) is 0 Å². The molecule has 0 saturated heterocycles. The number of rotatable bonds is 22. The molecule has 0 aromatic heterocycles. The number of nitrogen functional groups attached to an aromatic ring is 2. The highest BCUT2D eigenvalue weighted by molar-refractivity contribution is 7.91. The maximum Gasteiger partial charge on any atom is 0.341 e. The minimum atomic E-state index is -3.78. The number of hydrogen-bond donors (Lipinski definition) is 6. The number of ether oxygens (including phenoxy) is 2. The molecule has 0 saturated carbocycles. The summed E-state index contributed by atoms with van der Waals surface area (Å²) in [5, 5.41) is 9.54. The SMILES string of the molecule is CCCCCCCCCC(OC(=O)c1ccc2c(c1)-c1ccccc1/C2=N\Nc1ccc(S(=O)(=O)c2ccc(NN)cc2)cc1)OC(=O)c1ccc2c(c1)-c1ccccc1/C2=N\Nc1ccc(S(=O)(=O)c2ccc(NN)cc2)cc1. The van der Waals surface area contributed by atoms with Crippen molar-refractivity contribution in [1.29, 1.82) is 0 Å². The summed E-state index contributed by atoms with van der Waals surface area (Å²) in [6, 6.07) is 50.8. The van der Waals surface area contributed by atoms with E-state index in [4.69, 9.17) is 31.4 Å². The first-order valence-electron chi connectivity index (χ1n) is 26.3. The highest BCUT2D eigenvalue weighted by Crippen LogP contribution is 2.40. The Balaban J connectivity index is 0.845. The van der Waals surface area contributed by atoms with E-state index in [1.165, 1.54) is 55.0 Å². The van der Waals surface area contributed by atoms with E-state index in [-0.39, 0.29) is 30.7 Å². The number of anilines is 4. The lowest BCUT2D eigenvalue weighted by atomic mass is 10.0. The third kappa shape index (κ3) is 11.6. The minimum Gasteiger partial charge on any atom is -0.422 e. The first-order chi connectivity index (χ1) is 38.9. The minimum absolute atomic E-state index is 0.120. The van der Waals surface area contributed by atoms with E-state index in [0.717, 1.165) is 76.6 Å². The van der Waals surface area contributed by atoms with Gasteiger partial charge in [0.15, 0.2) is 0 Å². The topological polar surface area (TPSA) is 246 Å². The molecule has 0 amide bonds. The summed E-state index contributed by atoms with van der Waals surface area (Å²) >= 11 is 0. The molecule has 10 rings (SSSR count). The maximum absolute atomic E-state index is 14.2. The molecule has 0 radical (unpaired) electrons. The van der Waals surface area contributed by atoms with Gasteiger partial charge in [0.25, 0.3) is 0 Å². The number of nitrogens with zero attached hydrogens (tertiary/aromatic N) is 2. The zero-order valence-corrected chi connectivity index (χ0v) is 45.3. The monoisotopic (exact) mass is 1110 g/mol. The predicted molar refractivity (Wildman–Crippen MR) is 312 cm³/mol. The molecule has 18 heteroatoms. The molecule has 0 unspecified atom stereocenters. The average molecular weight is 1110 g/mol. The number of hydrazone groups is 2. The second-order valence-electron chi connectivity index (χ2n) is 19.3. The third-order valence-corrected chi connectivity index (χ3v) is 17.6. The Morgan fingerprint density at radius 1 is 0.425 bits per heavy atom. The van der Waals surface area contributed by atoms with Crippen LogP contribution in [0.4, 0.5) is 22.7 Å². The molecule has 0 heterocycles. The van der Waals surface area contributed by atoms with Crippen LogP contribution in [0.25, 0.3) is 22.3 Å². The van der Waals surface area contributed by atoms with Gasteiger partial charge in [0.2, 0.25) is 26.0 Å². The van der Waals surface area contributed by atoms with Crippen molar-refractivity contribution in [3.63, 3.8) is 0 Å². The van der Waals surface area contributed by atoms with Crippen LogP contribution in [0.1, 0.15) is 101 Å². The number of hydrazine groups is 2. The number of fused-ring (bicyclic) bond motifs is 6. The van der Waals surface area contributed by atoms with Crippen molar-refractivity contribution in [3.8, 4) is 22.3 Å². The number of unbranched alkanes of at least 4 members (excludes halogenated alkanes) is 6. The first-order valence-corrected chi connectivity index (χ1v) is 29.2. The standard InChI is InChI=1S/C62H58N8O8S2/c1-2-3-4-5-6-7-8-17-58(77-61(71)40-18-36-54-56(38-40)50-13-9-11-15-52(50)59(54)69-67-44-24-32-48(33-25-44)79(73,74)46-28-20-42(65-63)21-29-46)78-62(72)41-19-37-55-57(39-41)51-14-10-12-16-53(51)60(55)70-68-45-26-34-49(35-27-45)80(75,76)47-30-22-43(66-64)23-31-47/h9-16,18-39,58,65-68H,2-8,17,63-64H2,1H3/b69-59+,70-60+.